The summed E-state index contributed by atoms with van der Waals surface area (Å²) in [5, 5.41) is 0. The molecule has 0 spiro atoms. The fourth-order valence-electron chi connectivity index (χ4n) is 1.19. The van der Waals surface area contributed by atoms with Gasteiger partial charge in [0.15, 0.2) is 0 Å². The molecule has 0 aromatic carbocycles. The third-order valence-electron chi connectivity index (χ3n) is 2.12. The Morgan fingerprint density at radius 1 is 1.06 bits per heavy atom. The van der Waals surface area contributed by atoms with Crippen molar-refractivity contribution in [3.8, 4) is 0 Å². The highest BCUT2D eigenvalue weighted by Gasteiger charge is 1.92. The molecule has 2 heteroatoms. The first kappa shape index (κ1) is 14.7. The van der Waals surface area contributed by atoms with E-state index in [9.17, 15) is 4.79 Å². The van der Waals surface area contributed by atoms with Crippen LogP contribution in [0.25, 0.3) is 0 Å². The molecule has 0 bridgehead atoms. The molecule has 0 heterocycles. The van der Waals surface area contributed by atoms with E-state index in [0.717, 1.165) is 25.7 Å². The number of hydrogen-bond donors (Lipinski definition) is 0. The summed E-state index contributed by atoms with van der Waals surface area (Å²) in [5.74, 6) is -0.184. The molecule has 0 radical (unpaired) electrons. The summed E-state index contributed by atoms with van der Waals surface area (Å²) in [6, 6.07) is 0. The summed E-state index contributed by atoms with van der Waals surface area (Å²) in [6.07, 6.45) is 16.0. The van der Waals surface area contributed by atoms with Crippen molar-refractivity contribution in [2.75, 3.05) is 7.11 Å². The quantitative estimate of drug-likeness (QED) is 0.337. The van der Waals surface area contributed by atoms with Crippen LogP contribution in [0.15, 0.2) is 37.0 Å². The summed E-state index contributed by atoms with van der Waals surface area (Å²) < 4.78 is 4.52. The fraction of sp³-hybridized carbons (Fsp3) is 0.500. The Morgan fingerprint density at radius 2 is 1.69 bits per heavy atom. The molecule has 0 amide bonds. The van der Waals surface area contributed by atoms with E-state index in [-0.39, 0.29) is 5.97 Å². The summed E-state index contributed by atoms with van der Waals surface area (Å²) >= 11 is 0. The van der Waals surface area contributed by atoms with E-state index in [4.69, 9.17) is 0 Å². The number of carbonyl (C=O) groups is 1. The van der Waals surface area contributed by atoms with Gasteiger partial charge in [0.25, 0.3) is 0 Å². The van der Waals surface area contributed by atoms with Gasteiger partial charge in [0.05, 0.1) is 13.5 Å². The highest BCUT2D eigenvalue weighted by Crippen LogP contribution is 2.00. The molecule has 0 N–H and O–H groups in total. The van der Waals surface area contributed by atoms with Gasteiger partial charge in [-0.25, -0.2) is 0 Å². The molecular formula is C14H22O2. The Hall–Kier alpha value is -1.31. The maximum Gasteiger partial charge on any atom is 0.309 e. The molecule has 0 fully saturated rings. The van der Waals surface area contributed by atoms with Gasteiger partial charge in [-0.05, 0) is 32.1 Å². The Kier molecular flexibility index (Phi) is 10.8. The van der Waals surface area contributed by atoms with Gasteiger partial charge >= 0.3 is 5.97 Å². The second-order valence-corrected chi connectivity index (χ2v) is 3.52. The largest absolute Gasteiger partial charge is 0.469 e. The summed E-state index contributed by atoms with van der Waals surface area (Å²) in [5.41, 5.74) is 0. The average molecular weight is 222 g/mol. The third-order valence-corrected chi connectivity index (χ3v) is 2.12. The first-order valence-electron chi connectivity index (χ1n) is 5.79. The van der Waals surface area contributed by atoms with Crippen LogP contribution in [0.4, 0.5) is 0 Å². The minimum absolute atomic E-state index is 0.184. The maximum atomic E-state index is 10.8. The van der Waals surface area contributed by atoms with E-state index in [0.29, 0.717) is 6.42 Å². The van der Waals surface area contributed by atoms with Gasteiger partial charge in [0, 0.05) is 0 Å². The van der Waals surface area contributed by atoms with E-state index >= 15 is 0 Å². The van der Waals surface area contributed by atoms with E-state index in [2.05, 4.69) is 23.5 Å². The molecule has 0 aromatic rings. The van der Waals surface area contributed by atoms with Crippen LogP contribution >= 0.6 is 0 Å². The zero-order valence-electron chi connectivity index (χ0n) is 10.2. The molecule has 0 saturated carbocycles. The molecular weight excluding hydrogens is 200 g/mol. The lowest BCUT2D eigenvalue weighted by atomic mass is 10.2. The van der Waals surface area contributed by atoms with Gasteiger partial charge in [0.2, 0.25) is 0 Å². The van der Waals surface area contributed by atoms with E-state index in [1.54, 1.807) is 0 Å². The molecule has 0 rings (SSSR count). The SMILES string of the molecule is C=CCCC/C=C/CC/C=C/CC(=O)OC. The highest BCUT2D eigenvalue weighted by atomic mass is 16.5. The van der Waals surface area contributed by atoms with Crippen molar-refractivity contribution in [1.82, 2.24) is 0 Å². The van der Waals surface area contributed by atoms with Gasteiger partial charge in [-0.3, -0.25) is 4.79 Å². The normalized spacial score (nSPS) is 11.1. The lowest BCUT2D eigenvalue weighted by Crippen LogP contribution is -1.96. The van der Waals surface area contributed by atoms with Crippen LogP contribution in [0, 0.1) is 0 Å². The van der Waals surface area contributed by atoms with Crippen molar-refractivity contribution >= 4 is 5.97 Å². The van der Waals surface area contributed by atoms with Crippen molar-refractivity contribution in [3.63, 3.8) is 0 Å². The summed E-state index contributed by atoms with van der Waals surface area (Å²) in [7, 11) is 1.40. The average Bonchev–Trinajstić information content (AvgIpc) is 2.31. The van der Waals surface area contributed by atoms with Crippen molar-refractivity contribution < 1.29 is 9.53 Å². The van der Waals surface area contributed by atoms with E-state index < -0.39 is 0 Å². The number of esters is 1. The van der Waals surface area contributed by atoms with Gasteiger partial charge < -0.3 is 4.74 Å². The molecule has 0 aromatic heterocycles. The van der Waals surface area contributed by atoms with Crippen molar-refractivity contribution in [2.24, 2.45) is 0 Å². The molecule has 2 nitrogen and oxygen atoms in total. The first-order valence-corrected chi connectivity index (χ1v) is 5.79. The van der Waals surface area contributed by atoms with Crippen LogP contribution in [-0.2, 0) is 9.53 Å². The smallest absolute Gasteiger partial charge is 0.309 e. The van der Waals surface area contributed by atoms with Gasteiger partial charge in [0.1, 0.15) is 0 Å². The number of ether oxygens (including phenoxy) is 1. The maximum absolute atomic E-state index is 10.8. The fourth-order valence-corrected chi connectivity index (χ4v) is 1.19. The predicted molar refractivity (Wildman–Crippen MR) is 68.2 cm³/mol. The van der Waals surface area contributed by atoms with Crippen LogP contribution in [0.5, 0.6) is 0 Å². The number of unbranched alkanes of at least 4 members (excludes halogenated alkanes) is 3. The second kappa shape index (κ2) is 11.8. The third kappa shape index (κ3) is 10.8. The van der Waals surface area contributed by atoms with Gasteiger partial charge in [-0.2, -0.15) is 0 Å². The zero-order chi connectivity index (χ0) is 12.1. The van der Waals surface area contributed by atoms with Crippen LogP contribution in [0.1, 0.15) is 38.5 Å². The van der Waals surface area contributed by atoms with Gasteiger partial charge in [-0.1, -0.05) is 30.4 Å². The highest BCUT2D eigenvalue weighted by molar-refractivity contribution is 5.70. The topological polar surface area (TPSA) is 26.3 Å². The van der Waals surface area contributed by atoms with Crippen LogP contribution in [-0.4, -0.2) is 13.1 Å². The Bertz CT molecular complexity index is 239. The van der Waals surface area contributed by atoms with Crippen molar-refractivity contribution in [2.45, 2.75) is 38.5 Å². The first-order chi connectivity index (χ1) is 7.81. The predicted octanol–water partition coefficient (Wildman–Crippen LogP) is 3.80. The van der Waals surface area contributed by atoms with Crippen molar-refractivity contribution in [1.29, 1.82) is 0 Å². The van der Waals surface area contributed by atoms with Crippen LogP contribution in [0.2, 0.25) is 0 Å². The molecule has 16 heavy (non-hydrogen) atoms. The lowest BCUT2D eigenvalue weighted by molar-refractivity contribution is -0.139. The Balaban J connectivity index is 3.31. The van der Waals surface area contributed by atoms with Crippen LogP contribution < -0.4 is 0 Å². The Labute approximate surface area is 98.7 Å². The molecule has 0 saturated heterocycles. The van der Waals surface area contributed by atoms with Gasteiger partial charge in [-0.15, -0.1) is 6.58 Å². The molecule has 0 atom stereocenters. The molecule has 90 valence electrons. The monoisotopic (exact) mass is 222 g/mol. The lowest BCUT2D eigenvalue weighted by Gasteiger charge is -1.92. The molecule has 0 aliphatic heterocycles. The standard InChI is InChI=1S/C14H22O2/c1-3-4-5-6-7-8-9-10-11-12-13-14(15)16-2/h3,7-8,11-12H,1,4-6,9-10,13H2,2H3/b8-7+,12-11+. The molecule has 0 unspecified atom stereocenters. The van der Waals surface area contributed by atoms with E-state index in [1.807, 2.05) is 18.2 Å². The number of allylic oxidation sites excluding steroid dienone is 4. The molecule has 0 aliphatic carbocycles. The van der Waals surface area contributed by atoms with E-state index in [1.165, 1.54) is 13.5 Å². The number of hydrogen-bond acceptors (Lipinski definition) is 2. The number of rotatable bonds is 9. The number of carbonyl (C=O) groups excluding carboxylic acids is 1. The zero-order valence-corrected chi connectivity index (χ0v) is 10.2. The summed E-state index contributed by atoms with van der Waals surface area (Å²) in [4.78, 5) is 10.8. The Morgan fingerprint density at radius 3 is 2.31 bits per heavy atom. The number of methoxy groups -OCH3 is 1. The second-order valence-electron chi connectivity index (χ2n) is 3.52. The molecule has 0 aliphatic rings. The van der Waals surface area contributed by atoms with Crippen molar-refractivity contribution in [3.05, 3.63) is 37.0 Å². The summed E-state index contributed by atoms with van der Waals surface area (Å²) in [6.45, 7) is 3.68. The minimum atomic E-state index is -0.184. The minimum Gasteiger partial charge on any atom is -0.469 e. The van der Waals surface area contributed by atoms with Crippen LogP contribution in [0.3, 0.4) is 0 Å².